The largest absolute Gasteiger partial charge is 0.345 e. The fraction of sp³-hybridized carbons (Fsp3) is 0.478. The van der Waals surface area contributed by atoms with Crippen LogP contribution in [0.3, 0.4) is 0 Å². The maximum absolute atomic E-state index is 13.2. The molecule has 3 heterocycles. The summed E-state index contributed by atoms with van der Waals surface area (Å²) < 4.78 is 2.08. The summed E-state index contributed by atoms with van der Waals surface area (Å²) in [6.45, 7) is 5.67. The van der Waals surface area contributed by atoms with Crippen LogP contribution in [0, 0.1) is 0 Å². The van der Waals surface area contributed by atoms with E-state index < -0.39 is 0 Å². The summed E-state index contributed by atoms with van der Waals surface area (Å²) in [6, 6.07) is 9.44. The highest BCUT2D eigenvalue weighted by atomic mass is 35.5. The highest BCUT2D eigenvalue weighted by molar-refractivity contribution is 6.30. The van der Waals surface area contributed by atoms with Crippen LogP contribution in [0.25, 0.3) is 0 Å². The van der Waals surface area contributed by atoms with Gasteiger partial charge in [-0.2, -0.15) is 0 Å². The van der Waals surface area contributed by atoms with Gasteiger partial charge in [-0.15, -0.1) is 0 Å². The predicted molar refractivity (Wildman–Crippen MR) is 114 cm³/mol. The number of halogens is 1. The van der Waals surface area contributed by atoms with Crippen LogP contribution in [-0.4, -0.2) is 33.9 Å². The van der Waals surface area contributed by atoms with E-state index in [1.807, 2.05) is 42.2 Å². The Morgan fingerprint density at radius 2 is 1.90 bits per heavy atom. The average Bonchev–Trinajstić information content (AvgIpc) is 3.32. The molecular formula is C23H28ClN3O2. The molecule has 154 valence electrons. The molecule has 4 rings (SSSR count). The Morgan fingerprint density at radius 1 is 1.14 bits per heavy atom. The standard InChI is InChI=1S/C23H28ClN3O2/c1-15-6-5-13-26(15)23(29)21-14-19(20-7-3-4-12-27(20)21)22(28)25-16(2)17-8-10-18(24)11-9-17/h8-11,14-16H,3-7,12-13H2,1-2H3,(H,25,28)/t15-,16+/m0/s1. The third-order valence-electron chi connectivity index (χ3n) is 6.25. The summed E-state index contributed by atoms with van der Waals surface area (Å²) in [5.41, 5.74) is 3.30. The molecule has 2 aromatic rings. The van der Waals surface area contributed by atoms with Crippen LogP contribution in [-0.2, 0) is 13.0 Å². The van der Waals surface area contributed by atoms with E-state index in [9.17, 15) is 9.59 Å². The number of benzene rings is 1. The van der Waals surface area contributed by atoms with Gasteiger partial charge in [0.05, 0.1) is 11.6 Å². The van der Waals surface area contributed by atoms with E-state index in [0.717, 1.165) is 56.5 Å². The summed E-state index contributed by atoms with van der Waals surface area (Å²) in [4.78, 5) is 28.3. The van der Waals surface area contributed by atoms with E-state index in [2.05, 4.69) is 16.8 Å². The van der Waals surface area contributed by atoms with Crippen molar-refractivity contribution in [3.05, 3.63) is 57.9 Å². The van der Waals surface area contributed by atoms with Gasteiger partial charge in [-0.25, -0.2) is 0 Å². The van der Waals surface area contributed by atoms with E-state index in [0.29, 0.717) is 16.3 Å². The molecule has 2 atom stereocenters. The molecule has 2 aliphatic rings. The Morgan fingerprint density at radius 3 is 2.59 bits per heavy atom. The number of rotatable bonds is 4. The maximum Gasteiger partial charge on any atom is 0.270 e. The van der Waals surface area contributed by atoms with Crippen molar-refractivity contribution < 1.29 is 9.59 Å². The van der Waals surface area contributed by atoms with E-state index in [4.69, 9.17) is 11.6 Å². The second-order valence-electron chi connectivity index (χ2n) is 8.24. The SMILES string of the molecule is C[C@@H](NC(=O)c1cc(C(=O)N2CCC[C@@H]2C)n2c1CCCC2)c1ccc(Cl)cc1. The number of carbonyl (C=O) groups is 2. The highest BCUT2D eigenvalue weighted by Gasteiger charge is 2.32. The zero-order valence-corrected chi connectivity index (χ0v) is 17.8. The maximum atomic E-state index is 13.2. The van der Waals surface area contributed by atoms with Gasteiger partial charge in [0.15, 0.2) is 0 Å². The van der Waals surface area contributed by atoms with Crippen molar-refractivity contribution in [3.63, 3.8) is 0 Å². The third kappa shape index (κ3) is 3.93. The molecule has 1 aromatic carbocycles. The molecule has 29 heavy (non-hydrogen) atoms. The van der Waals surface area contributed by atoms with Crippen LogP contribution in [0.5, 0.6) is 0 Å². The van der Waals surface area contributed by atoms with Gasteiger partial charge in [-0.1, -0.05) is 23.7 Å². The zero-order chi connectivity index (χ0) is 20.5. The fourth-order valence-corrected chi connectivity index (χ4v) is 4.67. The van der Waals surface area contributed by atoms with Crippen LogP contribution in [0.1, 0.15) is 77.7 Å². The van der Waals surface area contributed by atoms with Crippen LogP contribution in [0.2, 0.25) is 5.02 Å². The lowest BCUT2D eigenvalue weighted by atomic mass is 10.0. The van der Waals surface area contributed by atoms with E-state index in [1.165, 1.54) is 0 Å². The first-order valence-electron chi connectivity index (χ1n) is 10.6. The summed E-state index contributed by atoms with van der Waals surface area (Å²) in [5.74, 6) is -0.0606. The quantitative estimate of drug-likeness (QED) is 0.796. The lowest BCUT2D eigenvalue weighted by Gasteiger charge is -2.24. The Hall–Kier alpha value is -2.27. The van der Waals surface area contributed by atoms with Crippen molar-refractivity contribution in [2.45, 2.75) is 64.6 Å². The molecule has 1 fully saturated rings. The molecule has 0 unspecified atom stereocenters. The number of nitrogens with zero attached hydrogens (tertiary/aromatic N) is 2. The molecule has 1 N–H and O–H groups in total. The number of likely N-dealkylation sites (tertiary alicyclic amines) is 1. The predicted octanol–water partition coefficient (Wildman–Crippen LogP) is 4.59. The Balaban J connectivity index is 1.60. The lowest BCUT2D eigenvalue weighted by Crippen LogP contribution is -2.35. The molecule has 0 radical (unpaired) electrons. The number of hydrogen-bond acceptors (Lipinski definition) is 2. The molecule has 5 nitrogen and oxygen atoms in total. The topological polar surface area (TPSA) is 54.3 Å². The molecule has 0 aliphatic carbocycles. The summed E-state index contributed by atoms with van der Waals surface area (Å²) in [6.07, 6.45) is 5.02. The van der Waals surface area contributed by atoms with Crippen molar-refractivity contribution >= 4 is 23.4 Å². The van der Waals surface area contributed by atoms with Gasteiger partial charge in [-0.05, 0) is 69.7 Å². The van der Waals surface area contributed by atoms with Crippen molar-refractivity contribution in [1.29, 1.82) is 0 Å². The van der Waals surface area contributed by atoms with Gasteiger partial charge in [0.25, 0.3) is 11.8 Å². The molecule has 1 aromatic heterocycles. The van der Waals surface area contributed by atoms with Crippen LogP contribution >= 0.6 is 11.6 Å². The second-order valence-corrected chi connectivity index (χ2v) is 8.67. The van der Waals surface area contributed by atoms with Crippen LogP contribution in [0.4, 0.5) is 0 Å². The average molecular weight is 414 g/mol. The summed E-state index contributed by atoms with van der Waals surface area (Å²) >= 11 is 5.97. The van der Waals surface area contributed by atoms with Crippen molar-refractivity contribution in [2.24, 2.45) is 0 Å². The highest BCUT2D eigenvalue weighted by Crippen LogP contribution is 2.28. The van der Waals surface area contributed by atoms with Gasteiger partial charge in [0, 0.05) is 29.8 Å². The lowest BCUT2D eigenvalue weighted by molar-refractivity contribution is 0.0735. The number of hydrogen-bond donors (Lipinski definition) is 1. The fourth-order valence-electron chi connectivity index (χ4n) is 4.54. The number of amides is 2. The zero-order valence-electron chi connectivity index (χ0n) is 17.1. The second kappa shape index (κ2) is 8.23. The number of nitrogens with one attached hydrogen (secondary N) is 1. The van der Waals surface area contributed by atoms with Crippen molar-refractivity contribution in [2.75, 3.05) is 6.54 Å². The normalized spacial score (nSPS) is 19.7. The molecular weight excluding hydrogens is 386 g/mol. The molecule has 1 saturated heterocycles. The monoisotopic (exact) mass is 413 g/mol. The Bertz CT molecular complexity index is 919. The smallest absolute Gasteiger partial charge is 0.270 e. The van der Waals surface area contributed by atoms with Crippen LogP contribution in [0.15, 0.2) is 30.3 Å². The van der Waals surface area contributed by atoms with Crippen molar-refractivity contribution in [3.8, 4) is 0 Å². The number of fused-ring (bicyclic) bond motifs is 1. The van der Waals surface area contributed by atoms with E-state index in [1.54, 1.807) is 0 Å². The number of carbonyl (C=O) groups excluding carboxylic acids is 2. The molecule has 2 amide bonds. The minimum absolute atomic E-state index is 0.0583. The number of aromatic nitrogens is 1. The molecule has 6 heteroatoms. The van der Waals surface area contributed by atoms with Crippen molar-refractivity contribution in [1.82, 2.24) is 14.8 Å². The van der Waals surface area contributed by atoms with Gasteiger partial charge < -0.3 is 14.8 Å². The molecule has 0 saturated carbocycles. The minimum Gasteiger partial charge on any atom is -0.345 e. The summed E-state index contributed by atoms with van der Waals surface area (Å²) in [5, 5.41) is 3.77. The molecule has 0 spiro atoms. The first-order valence-corrected chi connectivity index (χ1v) is 10.9. The third-order valence-corrected chi connectivity index (χ3v) is 6.50. The van der Waals surface area contributed by atoms with Gasteiger partial charge in [0.2, 0.25) is 0 Å². The first kappa shape index (κ1) is 20.0. The molecule has 2 aliphatic heterocycles. The Kier molecular flexibility index (Phi) is 5.68. The molecule has 0 bridgehead atoms. The van der Waals surface area contributed by atoms with Gasteiger partial charge in [0.1, 0.15) is 5.69 Å². The van der Waals surface area contributed by atoms with E-state index >= 15 is 0 Å². The Labute approximate surface area is 177 Å². The van der Waals surface area contributed by atoms with Crippen LogP contribution < -0.4 is 5.32 Å². The summed E-state index contributed by atoms with van der Waals surface area (Å²) in [7, 11) is 0. The van der Waals surface area contributed by atoms with E-state index in [-0.39, 0.29) is 23.9 Å². The van der Waals surface area contributed by atoms with Gasteiger partial charge >= 0.3 is 0 Å². The minimum atomic E-state index is -0.142. The first-order chi connectivity index (χ1) is 14.0. The van der Waals surface area contributed by atoms with Gasteiger partial charge in [-0.3, -0.25) is 9.59 Å².